The molecule has 2 heterocycles. The second kappa shape index (κ2) is 9.74. The smallest absolute Gasteiger partial charge is 0.486 e. The number of carbonyl (C=O) groups is 1. The van der Waals surface area contributed by atoms with E-state index in [1.807, 2.05) is 0 Å². The number of halogens is 4. The van der Waals surface area contributed by atoms with Crippen LogP contribution >= 0.6 is 11.6 Å². The number of alkyl halides is 3. The Morgan fingerprint density at radius 3 is 2.74 bits per heavy atom. The van der Waals surface area contributed by atoms with Gasteiger partial charge in [-0.2, -0.15) is 0 Å². The standard InChI is InChI=1S/C22H18ClF3N4O4/c1-2-20(31)29-18-8-14-17(9-19(18)33-13-5-6-32-10-13)27-11-28-21(14)30-16-4-3-12(7-15(16)23)34-22(24,25)26/h2-4,7-9,11,13H,1,5-6,10H2,(H,29,31)(H,27,28,30)/t13-/m1/s1. The molecule has 0 bridgehead atoms. The van der Waals surface area contributed by atoms with Crippen LogP contribution in [0.3, 0.4) is 0 Å². The van der Waals surface area contributed by atoms with E-state index < -0.39 is 18.0 Å². The maximum absolute atomic E-state index is 12.5. The molecule has 178 valence electrons. The molecule has 1 amide bonds. The Balaban J connectivity index is 1.68. The van der Waals surface area contributed by atoms with Crippen molar-refractivity contribution >= 4 is 45.6 Å². The Kier molecular flexibility index (Phi) is 6.75. The van der Waals surface area contributed by atoms with Gasteiger partial charge in [0, 0.05) is 23.9 Å². The Hall–Kier alpha value is -3.57. The van der Waals surface area contributed by atoms with Gasteiger partial charge in [0.1, 0.15) is 29.7 Å². The van der Waals surface area contributed by atoms with Gasteiger partial charge in [-0.05, 0) is 24.3 Å². The van der Waals surface area contributed by atoms with E-state index >= 15 is 0 Å². The molecule has 12 heteroatoms. The number of carbonyl (C=O) groups excluding carboxylic acids is 1. The molecule has 1 aromatic heterocycles. The van der Waals surface area contributed by atoms with Gasteiger partial charge in [0.05, 0.1) is 35.1 Å². The molecule has 1 atom stereocenters. The minimum Gasteiger partial charge on any atom is -0.486 e. The third-order valence-electron chi connectivity index (χ3n) is 4.79. The third-order valence-corrected chi connectivity index (χ3v) is 5.10. The molecule has 0 unspecified atom stereocenters. The molecule has 2 aromatic carbocycles. The minimum atomic E-state index is -4.84. The molecule has 1 fully saturated rings. The van der Waals surface area contributed by atoms with E-state index in [0.717, 1.165) is 18.2 Å². The number of nitrogens with one attached hydrogen (secondary N) is 2. The van der Waals surface area contributed by atoms with Crippen LogP contribution in [-0.2, 0) is 9.53 Å². The number of benzene rings is 2. The van der Waals surface area contributed by atoms with Crippen LogP contribution in [0, 0.1) is 0 Å². The first-order chi connectivity index (χ1) is 16.2. The summed E-state index contributed by atoms with van der Waals surface area (Å²) in [5.41, 5.74) is 1.15. The van der Waals surface area contributed by atoms with E-state index in [4.69, 9.17) is 21.1 Å². The molecular weight excluding hydrogens is 477 g/mol. The maximum atomic E-state index is 12.5. The molecule has 0 spiro atoms. The summed E-state index contributed by atoms with van der Waals surface area (Å²) in [7, 11) is 0. The van der Waals surface area contributed by atoms with Crippen molar-refractivity contribution in [2.45, 2.75) is 18.9 Å². The lowest BCUT2D eigenvalue weighted by Crippen LogP contribution is -2.18. The van der Waals surface area contributed by atoms with Crippen LogP contribution in [0.25, 0.3) is 10.9 Å². The predicted octanol–water partition coefficient (Wildman–Crippen LogP) is 5.22. The quantitative estimate of drug-likeness (QED) is 0.435. The second-order valence-corrected chi connectivity index (χ2v) is 7.61. The zero-order chi connectivity index (χ0) is 24.3. The lowest BCUT2D eigenvalue weighted by Gasteiger charge is -2.18. The van der Waals surface area contributed by atoms with Crippen LogP contribution in [0.5, 0.6) is 11.5 Å². The molecule has 1 aliphatic rings. The van der Waals surface area contributed by atoms with E-state index in [-0.39, 0.29) is 16.8 Å². The molecule has 3 aromatic rings. The van der Waals surface area contributed by atoms with Gasteiger partial charge < -0.3 is 24.8 Å². The van der Waals surface area contributed by atoms with Crippen molar-refractivity contribution in [2.75, 3.05) is 23.8 Å². The van der Waals surface area contributed by atoms with Gasteiger partial charge in [-0.1, -0.05) is 18.2 Å². The van der Waals surface area contributed by atoms with Gasteiger partial charge in [0.25, 0.3) is 0 Å². The predicted molar refractivity (Wildman–Crippen MR) is 120 cm³/mol. The van der Waals surface area contributed by atoms with Crippen LogP contribution in [-0.4, -0.2) is 41.6 Å². The number of hydrogen-bond donors (Lipinski definition) is 2. The number of ether oxygens (including phenoxy) is 3. The van der Waals surface area contributed by atoms with Gasteiger partial charge in [0.15, 0.2) is 0 Å². The van der Waals surface area contributed by atoms with Crippen LogP contribution in [0.4, 0.5) is 30.4 Å². The van der Waals surface area contributed by atoms with E-state index in [1.165, 1.54) is 12.4 Å². The summed E-state index contributed by atoms with van der Waals surface area (Å²) in [6.45, 7) is 4.47. The fraction of sp³-hybridized carbons (Fsp3) is 0.227. The zero-order valence-electron chi connectivity index (χ0n) is 17.5. The average Bonchev–Trinajstić information content (AvgIpc) is 3.28. The van der Waals surface area contributed by atoms with Crippen molar-refractivity contribution in [3.8, 4) is 11.5 Å². The lowest BCUT2D eigenvalue weighted by atomic mass is 10.1. The number of nitrogens with zero attached hydrogens (tertiary/aromatic N) is 2. The molecule has 0 aliphatic carbocycles. The molecule has 1 saturated heterocycles. The summed E-state index contributed by atoms with van der Waals surface area (Å²) in [5.74, 6) is -0.194. The van der Waals surface area contributed by atoms with Crippen molar-refractivity contribution in [1.29, 1.82) is 0 Å². The first-order valence-corrected chi connectivity index (χ1v) is 10.4. The largest absolute Gasteiger partial charge is 0.573 e. The molecule has 34 heavy (non-hydrogen) atoms. The summed E-state index contributed by atoms with van der Waals surface area (Å²) in [6, 6.07) is 6.76. The third kappa shape index (κ3) is 5.67. The Morgan fingerprint density at radius 2 is 2.06 bits per heavy atom. The van der Waals surface area contributed by atoms with E-state index in [1.54, 1.807) is 12.1 Å². The number of amides is 1. The second-order valence-electron chi connectivity index (χ2n) is 7.20. The monoisotopic (exact) mass is 494 g/mol. The van der Waals surface area contributed by atoms with Crippen LogP contribution in [0.15, 0.2) is 49.3 Å². The van der Waals surface area contributed by atoms with Crippen molar-refractivity contribution < 1.29 is 32.2 Å². The highest BCUT2D eigenvalue weighted by molar-refractivity contribution is 6.33. The highest BCUT2D eigenvalue weighted by Crippen LogP contribution is 2.36. The highest BCUT2D eigenvalue weighted by Gasteiger charge is 2.31. The molecule has 4 rings (SSSR count). The van der Waals surface area contributed by atoms with Gasteiger partial charge in [-0.25, -0.2) is 9.97 Å². The van der Waals surface area contributed by atoms with Gasteiger partial charge in [-0.15, -0.1) is 13.2 Å². The van der Waals surface area contributed by atoms with E-state index in [2.05, 4.69) is 31.9 Å². The topological polar surface area (TPSA) is 94.6 Å². The highest BCUT2D eigenvalue weighted by atomic mass is 35.5. The van der Waals surface area contributed by atoms with Gasteiger partial charge in [0.2, 0.25) is 5.91 Å². The average molecular weight is 495 g/mol. The molecule has 0 saturated carbocycles. The van der Waals surface area contributed by atoms with Crippen molar-refractivity contribution in [2.24, 2.45) is 0 Å². The van der Waals surface area contributed by atoms with E-state index in [0.29, 0.717) is 47.8 Å². The fourth-order valence-corrected chi connectivity index (χ4v) is 3.49. The van der Waals surface area contributed by atoms with Crippen molar-refractivity contribution in [3.05, 3.63) is 54.3 Å². The zero-order valence-corrected chi connectivity index (χ0v) is 18.2. The van der Waals surface area contributed by atoms with Gasteiger partial charge in [-0.3, -0.25) is 4.79 Å². The first-order valence-electron chi connectivity index (χ1n) is 10.0. The molecular formula is C22H18ClF3N4O4. The fourth-order valence-electron chi connectivity index (χ4n) is 3.27. The normalized spacial score (nSPS) is 15.7. The SMILES string of the molecule is C=CC(=O)Nc1cc2c(Nc3ccc(OC(F)(F)F)cc3Cl)ncnc2cc1O[C@@H]1CCOC1. The van der Waals surface area contributed by atoms with Crippen LogP contribution < -0.4 is 20.1 Å². The lowest BCUT2D eigenvalue weighted by molar-refractivity contribution is -0.274. The van der Waals surface area contributed by atoms with Crippen LogP contribution in [0.1, 0.15) is 6.42 Å². The summed E-state index contributed by atoms with van der Waals surface area (Å²) in [4.78, 5) is 20.5. The Morgan fingerprint density at radius 1 is 1.24 bits per heavy atom. The summed E-state index contributed by atoms with van der Waals surface area (Å²) < 4.78 is 52.6. The van der Waals surface area contributed by atoms with Crippen LogP contribution in [0.2, 0.25) is 5.02 Å². The molecule has 1 aliphatic heterocycles. The Labute approximate surface area is 196 Å². The summed E-state index contributed by atoms with van der Waals surface area (Å²) >= 11 is 6.15. The summed E-state index contributed by atoms with van der Waals surface area (Å²) in [6.07, 6.45) is -1.87. The number of anilines is 3. The minimum absolute atomic E-state index is 0.0186. The number of hydrogen-bond acceptors (Lipinski definition) is 7. The number of rotatable bonds is 7. The number of fused-ring (bicyclic) bond motifs is 1. The Bertz CT molecular complexity index is 1230. The van der Waals surface area contributed by atoms with Crippen molar-refractivity contribution in [3.63, 3.8) is 0 Å². The van der Waals surface area contributed by atoms with Crippen molar-refractivity contribution in [1.82, 2.24) is 9.97 Å². The maximum Gasteiger partial charge on any atom is 0.573 e. The van der Waals surface area contributed by atoms with Gasteiger partial charge >= 0.3 is 6.36 Å². The summed E-state index contributed by atoms with van der Waals surface area (Å²) in [5, 5.41) is 6.17. The number of aromatic nitrogens is 2. The molecule has 8 nitrogen and oxygen atoms in total. The molecule has 0 radical (unpaired) electrons. The first kappa shape index (κ1) is 23.6. The van der Waals surface area contributed by atoms with E-state index in [9.17, 15) is 18.0 Å². The molecule has 2 N–H and O–H groups in total.